The summed E-state index contributed by atoms with van der Waals surface area (Å²) in [6.45, 7) is 31.1. The van der Waals surface area contributed by atoms with Crippen molar-refractivity contribution in [1.29, 1.82) is 0 Å². The van der Waals surface area contributed by atoms with Gasteiger partial charge in [0.1, 0.15) is 12.7 Å². The summed E-state index contributed by atoms with van der Waals surface area (Å²) in [5.74, 6) is 0. The van der Waals surface area contributed by atoms with Crippen LogP contribution in [0.4, 0.5) is 0 Å². The van der Waals surface area contributed by atoms with E-state index in [1.54, 1.807) is 0 Å². The molecule has 0 heterocycles. The average Bonchev–Trinajstić information content (AvgIpc) is 2.43. The van der Waals surface area contributed by atoms with Crippen LogP contribution < -0.4 is 0 Å². The lowest BCUT2D eigenvalue weighted by atomic mass is 10.4. The zero-order valence-corrected chi connectivity index (χ0v) is 28.6. The Morgan fingerprint density at radius 3 is 1.42 bits per heavy atom. The molecule has 2 unspecified atom stereocenters. The van der Waals surface area contributed by atoms with E-state index in [1.165, 1.54) is 6.61 Å². The third kappa shape index (κ3) is 18.1. The molecule has 13 heteroatoms. The molecular weight excluding hydrogens is 497 g/mol. The molecule has 0 aliphatic heterocycles. The maximum absolute atomic E-state index is 10.2. The van der Waals surface area contributed by atoms with Crippen molar-refractivity contribution in [2.45, 2.75) is 104 Å². The first-order chi connectivity index (χ1) is 13.5. The Kier molecular flexibility index (Phi) is 12.5. The second-order valence-corrected chi connectivity index (χ2v) is 35.6. The van der Waals surface area contributed by atoms with Crippen molar-refractivity contribution in [2.24, 2.45) is 0 Å². The Balaban J connectivity index is 5.28. The third-order valence-electron chi connectivity index (χ3n) is 3.42. The highest BCUT2D eigenvalue weighted by molar-refractivity contribution is 6.86. The molecule has 0 saturated carbocycles. The van der Waals surface area contributed by atoms with Crippen LogP contribution in [0.1, 0.15) is 6.92 Å². The number of hydrogen-bond acceptors (Lipinski definition) is 7. The number of ether oxygens (including phenoxy) is 1. The first-order valence-electron chi connectivity index (χ1n) is 11.1. The maximum Gasteiger partial charge on any atom is 0.333 e. The van der Waals surface area contributed by atoms with Gasteiger partial charge in [0.25, 0.3) is 0 Å². The van der Waals surface area contributed by atoms with E-state index in [4.69, 9.17) is 25.6 Å². The van der Waals surface area contributed by atoms with E-state index < -0.39 is 57.5 Å². The van der Waals surface area contributed by atoms with E-state index >= 15 is 0 Å². The minimum absolute atomic E-state index is 0.230. The average molecular weight is 546 g/mol. The van der Waals surface area contributed by atoms with Crippen LogP contribution in [0, 0.1) is 6.61 Å². The van der Waals surface area contributed by atoms with Crippen molar-refractivity contribution in [1.82, 2.24) is 0 Å². The van der Waals surface area contributed by atoms with E-state index in [0.29, 0.717) is 0 Å². The fourth-order valence-corrected chi connectivity index (χ4v) is 23.5. The van der Waals surface area contributed by atoms with Gasteiger partial charge in [-0.3, -0.25) is 0 Å². The molecule has 0 bridgehead atoms. The van der Waals surface area contributed by atoms with Gasteiger partial charge < -0.3 is 30.7 Å². The van der Waals surface area contributed by atoms with Gasteiger partial charge in [-0.1, -0.05) is 0 Å². The molecule has 0 spiro atoms. The van der Waals surface area contributed by atoms with Crippen LogP contribution in [-0.2, 0) is 25.6 Å². The standard InChI is InChI=1S/C18H49O7Si6/c1-17(20-15-18(19)16-21-27(2,3)4)26(22-30(11,12)24-28(5,6)7)23-31(13,14)25-29(8,9)10/h15,17-19,26H,16H2,1-14H3. The molecule has 1 N–H and O–H groups in total. The molecule has 0 amide bonds. The predicted octanol–water partition coefficient (Wildman–Crippen LogP) is 4.67. The Morgan fingerprint density at radius 1 is 0.710 bits per heavy atom. The highest BCUT2D eigenvalue weighted by Crippen LogP contribution is 2.23. The Labute approximate surface area is 198 Å². The van der Waals surface area contributed by atoms with Crippen LogP contribution in [0.2, 0.25) is 85.1 Å². The largest absolute Gasteiger partial charge is 0.437 e. The van der Waals surface area contributed by atoms with Crippen molar-refractivity contribution >= 4 is 51.4 Å². The highest BCUT2D eigenvalue weighted by Gasteiger charge is 2.42. The maximum atomic E-state index is 10.2. The summed E-state index contributed by atoms with van der Waals surface area (Å²) in [4.78, 5) is 0. The normalized spacial score (nSPS) is 16.6. The smallest absolute Gasteiger partial charge is 0.333 e. The fraction of sp³-hybridized carbons (Fsp3) is 0.944. The first-order valence-corrected chi connectivity index (χ1v) is 28.5. The van der Waals surface area contributed by atoms with Gasteiger partial charge in [0.15, 0.2) is 25.0 Å². The van der Waals surface area contributed by atoms with Gasteiger partial charge in [-0.25, -0.2) is 0 Å². The molecule has 2 atom stereocenters. The summed E-state index contributed by atoms with van der Waals surface area (Å²) in [5, 5.41) is 10.2. The molecule has 31 heavy (non-hydrogen) atoms. The molecule has 1 radical (unpaired) electrons. The molecule has 0 aromatic heterocycles. The lowest BCUT2D eigenvalue weighted by Crippen LogP contribution is -2.57. The molecular formula is C18H49O7Si6. The monoisotopic (exact) mass is 545 g/mol. The summed E-state index contributed by atoms with van der Waals surface area (Å²) in [7, 11) is -12.4. The quantitative estimate of drug-likeness (QED) is 0.300. The number of rotatable bonds is 15. The van der Waals surface area contributed by atoms with Crippen LogP contribution in [0.5, 0.6) is 0 Å². The summed E-state index contributed by atoms with van der Waals surface area (Å²) in [6.07, 6.45) is -0.796. The fourth-order valence-electron chi connectivity index (χ4n) is 2.95. The Morgan fingerprint density at radius 2 is 1.10 bits per heavy atom. The van der Waals surface area contributed by atoms with Crippen molar-refractivity contribution in [3.8, 4) is 0 Å². The molecule has 0 rings (SSSR count). The first kappa shape index (κ1) is 32.0. The van der Waals surface area contributed by atoms with Gasteiger partial charge in [-0.2, -0.15) is 0 Å². The minimum atomic E-state index is -2.42. The SMILES string of the molecule is CC(O[CH]C(O)CO[Si](C)(C)C)[SiH](O[Si](C)(C)O[Si](C)(C)C)O[Si](C)(C)O[Si](C)(C)C. The van der Waals surface area contributed by atoms with Crippen LogP contribution >= 0.6 is 0 Å². The van der Waals surface area contributed by atoms with Crippen LogP contribution in [0.3, 0.4) is 0 Å². The number of hydrogen-bond donors (Lipinski definition) is 1. The van der Waals surface area contributed by atoms with Gasteiger partial charge >= 0.3 is 26.4 Å². The van der Waals surface area contributed by atoms with Gasteiger partial charge in [-0.15, -0.1) is 0 Å². The molecule has 0 aliphatic carbocycles. The van der Waals surface area contributed by atoms with E-state index in [2.05, 4.69) is 85.1 Å². The van der Waals surface area contributed by atoms with Crippen LogP contribution in [-0.4, -0.2) is 74.9 Å². The van der Waals surface area contributed by atoms with Gasteiger partial charge in [0.05, 0.1) is 12.3 Å². The van der Waals surface area contributed by atoms with Crippen LogP contribution in [0.25, 0.3) is 0 Å². The lowest BCUT2D eigenvalue weighted by molar-refractivity contribution is 0.0412. The van der Waals surface area contributed by atoms with E-state index in [-0.39, 0.29) is 12.3 Å². The molecule has 0 fully saturated rings. The topological polar surface area (TPSA) is 75.6 Å². The molecule has 0 aliphatic rings. The van der Waals surface area contributed by atoms with Gasteiger partial charge in [0, 0.05) is 0 Å². The van der Waals surface area contributed by atoms with Crippen molar-refractivity contribution in [3.05, 3.63) is 6.61 Å². The predicted molar refractivity (Wildman–Crippen MR) is 143 cm³/mol. The second kappa shape index (κ2) is 12.1. The summed E-state index contributed by atoms with van der Waals surface area (Å²) in [5.41, 5.74) is -0.310. The van der Waals surface area contributed by atoms with Crippen molar-refractivity contribution in [3.63, 3.8) is 0 Å². The van der Waals surface area contributed by atoms with Crippen molar-refractivity contribution in [2.75, 3.05) is 6.61 Å². The van der Waals surface area contributed by atoms with Gasteiger partial charge in [-0.05, 0) is 92.0 Å². The van der Waals surface area contributed by atoms with E-state index in [1.807, 2.05) is 6.92 Å². The van der Waals surface area contributed by atoms with Crippen LogP contribution in [0.15, 0.2) is 0 Å². The number of aliphatic hydroxyl groups is 1. The third-order valence-corrected chi connectivity index (χ3v) is 20.6. The zero-order valence-electron chi connectivity index (χ0n) is 22.4. The lowest BCUT2D eigenvalue weighted by Gasteiger charge is -2.39. The molecule has 0 aromatic rings. The summed E-state index contributed by atoms with van der Waals surface area (Å²) < 4.78 is 37.6. The Bertz CT molecular complexity index is 499. The zero-order chi connectivity index (χ0) is 24.9. The van der Waals surface area contributed by atoms with Crippen molar-refractivity contribution < 1.29 is 30.7 Å². The van der Waals surface area contributed by atoms with E-state index in [0.717, 1.165) is 0 Å². The minimum Gasteiger partial charge on any atom is -0.437 e. The highest BCUT2D eigenvalue weighted by atomic mass is 28.5. The summed E-state index contributed by atoms with van der Waals surface area (Å²) in [6, 6.07) is 0. The summed E-state index contributed by atoms with van der Waals surface area (Å²) >= 11 is 0. The van der Waals surface area contributed by atoms with Gasteiger partial charge in [0.2, 0.25) is 0 Å². The second-order valence-electron chi connectivity index (χ2n) is 11.8. The Hall–Kier alpha value is 1.02. The van der Waals surface area contributed by atoms with E-state index in [9.17, 15) is 5.11 Å². The molecule has 0 aromatic carbocycles. The molecule has 7 nitrogen and oxygen atoms in total. The number of aliphatic hydroxyl groups excluding tert-OH is 1. The molecule has 187 valence electrons. The molecule has 0 saturated heterocycles.